The van der Waals surface area contributed by atoms with Crippen molar-refractivity contribution in [3.05, 3.63) is 48.3 Å². The zero-order valence-corrected chi connectivity index (χ0v) is 10.3. The molecule has 4 nitrogen and oxygen atoms in total. The average molecular weight is 230 g/mol. The molecular weight excluding hydrogens is 212 g/mol. The van der Waals surface area contributed by atoms with Crippen molar-refractivity contribution in [2.24, 2.45) is 0 Å². The van der Waals surface area contributed by atoms with Gasteiger partial charge in [0.15, 0.2) is 0 Å². The average Bonchev–Trinajstić information content (AvgIpc) is 2.81. The summed E-state index contributed by atoms with van der Waals surface area (Å²) in [5, 5.41) is 3.45. The van der Waals surface area contributed by atoms with Crippen molar-refractivity contribution in [3.63, 3.8) is 0 Å². The summed E-state index contributed by atoms with van der Waals surface area (Å²) in [6, 6.07) is 4.55. The van der Waals surface area contributed by atoms with Crippen molar-refractivity contribution >= 4 is 0 Å². The minimum atomic E-state index is 0.396. The van der Waals surface area contributed by atoms with Gasteiger partial charge in [0.2, 0.25) is 0 Å². The Morgan fingerprint density at radius 3 is 2.94 bits per heavy atom. The lowest BCUT2D eigenvalue weighted by atomic mass is 10.2. The molecule has 90 valence electrons. The molecule has 1 unspecified atom stereocenters. The number of nitrogens with zero attached hydrogens (tertiary/aromatic N) is 3. The lowest BCUT2D eigenvalue weighted by molar-refractivity contribution is 0.473. The Balaban J connectivity index is 1.79. The second-order valence-electron chi connectivity index (χ2n) is 4.37. The molecule has 2 aromatic heterocycles. The van der Waals surface area contributed by atoms with Crippen LogP contribution in [0.4, 0.5) is 0 Å². The van der Waals surface area contributed by atoms with Crippen molar-refractivity contribution in [2.45, 2.75) is 33.0 Å². The Morgan fingerprint density at radius 2 is 2.29 bits per heavy atom. The minimum Gasteiger partial charge on any atom is -0.336 e. The van der Waals surface area contributed by atoms with Gasteiger partial charge in [-0.05, 0) is 25.5 Å². The topological polar surface area (TPSA) is 42.7 Å². The smallest absolute Gasteiger partial charge is 0.0946 e. The van der Waals surface area contributed by atoms with Gasteiger partial charge in [-0.25, -0.2) is 4.98 Å². The summed E-state index contributed by atoms with van der Waals surface area (Å²) in [5.41, 5.74) is 2.27. The number of hydrogen-bond donors (Lipinski definition) is 1. The van der Waals surface area contributed by atoms with Crippen LogP contribution in [0.3, 0.4) is 0 Å². The molecule has 0 saturated carbocycles. The molecule has 2 heterocycles. The van der Waals surface area contributed by atoms with E-state index in [1.807, 2.05) is 25.6 Å². The highest BCUT2D eigenvalue weighted by atomic mass is 15.1. The van der Waals surface area contributed by atoms with Gasteiger partial charge >= 0.3 is 0 Å². The second kappa shape index (κ2) is 5.59. The van der Waals surface area contributed by atoms with E-state index in [-0.39, 0.29) is 0 Å². The summed E-state index contributed by atoms with van der Waals surface area (Å²) in [4.78, 5) is 8.39. The quantitative estimate of drug-likeness (QED) is 0.851. The van der Waals surface area contributed by atoms with Gasteiger partial charge < -0.3 is 9.88 Å². The lowest BCUT2D eigenvalue weighted by Gasteiger charge is -2.13. The van der Waals surface area contributed by atoms with Gasteiger partial charge in [-0.3, -0.25) is 4.98 Å². The monoisotopic (exact) mass is 230 g/mol. The Bertz CT molecular complexity index is 433. The highest BCUT2D eigenvalue weighted by Gasteiger charge is 2.02. The third kappa shape index (κ3) is 3.67. The minimum absolute atomic E-state index is 0.396. The summed E-state index contributed by atoms with van der Waals surface area (Å²) >= 11 is 0. The number of hydrogen-bond acceptors (Lipinski definition) is 3. The summed E-state index contributed by atoms with van der Waals surface area (Å²) < 4.78 is 2.07. The van der Waals surface area contributed by atoms with Crippen molar-refractivity contribution in [3.8, 4) is 0 Å². The second-order valence-corrected chi connectivity index (χ2v) is 4.37. The van der Waals surface area contributed by atoms with Crippen LogP contribution in [-0.4, -0.2) is 20.6 Å². The molecule has 0 aliphatic carbocycles. The Hall–Kier alpha value is -1.68. The first kappa shape index (κ1) is 11.8. The Labute approximate surface area is 102 Å². The van der Waals surface area contributed by atoms with Crippen LogP contribution in [0.5, 0.6) is 0 Å². The van der Waals surface area contributed by atoms with Gasteiger partial charge in [-0.15, -0.1) is 0 Å². The van der Waals surface area contributed by atoms with E-state index in [2.05, 4.69) is 38.9 Å². The molecule has 0 aliphatic rings. The fourth-order valence-corrected chi connectivity index (χ4v) is 1.66. The number of pyridine rings is 1. The predicted octanol–water partition coefficient (Wildman–Crippen LogP) is 1.76. The van der Waals surface area contributed by atoms with Crippen LogP contribution in [0.2, 0.25) is 0 Å². The van der Waals surface area contributed by atoms with Crippen LogP contribution >= 0.6 is 0 Å². The van der Waals surface area contributed by atoms with Gasteiger partial charge in [0.05, 0.1) is 12.0 Å². The molecule has 4 heteroatoms. The van der Waals surface area contributed by atoms with Crippen LogP contribution in [0.1, 0.15) is 18.2 Å². The summed E-state index contributed by atoms with van der Waals surface area (Å²) in [7, 11) is 0. The standard InChI is InChI=1S/C13H18N4/c1-11-3-4-13(16-7-11)8-15-12(2)9-17-6-5-14-10-17/h3-7,10,12,15H,8-9H2,1-2H3. The molecule has 0 bridgehead atoms. The van der Waals surface area contributed by atoms with Gasteiger partial charge in [0, 0.05) is 37.7 Å². The number of aromatic nitrogens is 3. The van der Waals surface area contributed by atoms with Crippen LogP contribution in [0, 0.1) is 6.92 Å². The van der Waals surface area contributed by atoms with Crippen molar-refractivity contribution in [1.82, 2.24) is 19.9 Å². The number of imidazole rings is 1. The normalized spacial score (nSPS) is 12.6. The molecule has 0 fully saturated rings. The lowest BCUT2D eigenvalue weighted by Crippen LogP contribution is -2.29. The van der Waals surface area contributed by atoms with Crippen molar-refractivity contribution in [1.29, 1.82) is 0 Å². The van der Waals surface area contributed by atoms with E-state index < -0.39 is 0 Å². The number of aryl methyl sites for hydroxylation is 1. The third-order valence-corrected chi connectivity index (χ3v) is 2.65. The first-order chi connectivity index (χ1) is 8.24. The fraction of sp³-hybridized carbons (Fsp3) is 0.385. The molecule has 2 rings (SSSR count). The molecule has 1 N–H and O–H groups in total. The van der Waals surface area contributed by atoms with Crippen molar-refractivity contribution in [2.75, 3.05) is 0 Å². The summed E-state index contributed by atoms with van der Waals surface area (Å²) in [6.07, 6.45) is 7.51. The highest BCUT2D eigenvalue weighted by Crippen LogP contribution is 1.99. The zero-order chi connectivity index (χ0) is 12.1. The number of rotatable bonds is 5. The van der Waals surface area contributed by atoms with Gasteiger partial charge in [-0.2, -0.15) is 0 Å². The zero-order valence-electron chi connectivity index (χ0n) is 10.3. The van der Waals surface area contributed by atoms with E-state index in [1.165, 1.54) is 5.56 Å². The van der Waals surface area contributed by atoms with Crippen molar-refractivity contribution < 1.29 is 0 Å². The molecule has 0 radical (unpaired) electrons. The molecule has 0 saturated heterocycles. The summed E-state index contributed by atoms with van der Waals surface area (Å²) in [5.74, 6) is 0. The van der Waals surface area contributed by atoms with E-state index >= 15 is 0 Å². The third-order valence-electron chi connectivity index (χ3n) is 2.65. The van der Waals surface area contributed by atoms with Crippen LogP contribution in [-0.2, 0) is 13.1 Å². The van der Waals surface area contributed by atoms with Crippen LogP contribution in [0.25, 0.3) is 0 Å². The Kier molecular flexibility index (Phi) is 3.88. The van der Waals surface area contributed by atoms with E-state index in [0.717, 1.165) is 18.8 Å². The van der Waals surface area contributed by atoms with E-state index in [1.54, 1.807) is 6.20 Å². The Morgan fingerprint density at radius 1 is 1.41 bits per heavy atom. The number of nitrogens with one attached hydrogen (secondary N) is 1. The van der Waals surface area contributed by atoms with E-state index in [4.69, 9.17) is 0 Å². The molecule has 0 amide bonds. The first-order valence-corrected chi connectivity index (χ1v) is 5.84. The molecule has 0 aliphatic heterocycles. The maximum Gasteiger partial charge on any atom is 0.0946 e. The first-order valence-electron chi connectivity index (χ1n) is 5.84. The van der Waals surface area contributed by atoms with Gasteiger partial charge in [-0.1, -0.05) is 6.07 Å². The molecular formula is C13H18N4. The summed E-state index contributed by atoms with van der Waals surface area (Å²) in [6.45, 7) is 5.93. The largest absolute Gasteiger partial charge is 0.336 e. The molecule has 2 aromatic rings. The van der Waals surface area contributed by atoms with E-state index in [0.29, 0.717) is 6.04 Å². The van der Waals surface area contributed by atoms with Crippen LogP contribution in [0.15, 0.2) is 37.1 Å². The molecule has 1 atom stereocenters. The SMILES string of the molecule is Cc1ccc(CNC(C)Cn2ccnc2)nc1. The molecule has 0 aromatic carbocycles. The fourth-order valence-electron chi connectivity index (χ4n) is 1.66. The molecule has 0 spiro atoms. The predicted molar refractivity (Wildman–Crippen MR) is 67.5 cm³/mol. The highest BCUT2D eigenvalue weighted by molar-refractivity contribution is 5.11. The molecule has 17 heavy (non-hydrogen) atoms. The maximum atomic E-state index is 4.37. The maximum absolute atomic E-state index is 4.37. The van der Waals surface area contributed by atoms with Gasteiger partial charge in [0.1, 0.15) is 0 Å². The van der Waals surface area contributed by atoms with E-state index in [9.17, 15) is 0 Å². The van der Waals surface area contributed by atoms with Crippen LogP contribution < -0.4 is 5.32 Å². The van der Waals surface area contributed by atoms with Gasteiger partial charge in [0.25, 0.3) is 0 Å².